The molecule has 2 nitrogen and oxygen atoms in total. The number of hydrogen-bond acceptors (Lipinski definition) is 2. The molecule has 72 valence electrons. The fourth-order valence-corrected chi connectivity index (χ4v) is 1.83. The molecule has 0 unspecified atom stereocenters. The van der Waals surface area contributed by atoms with E-state index in [9.17, 15) is 0 Å². The highest BCUT2D eigenvalue weighted by Gasteiger charge is 2.06. The third-order valence-corrected chi connectivity index (χ3v) is 2.23. The van der Waals surface area contributed by atoms with Crippen molar-refractivity contribution in [2.75, 3.05) is 12.3 Å². The molecule has 0 heterocycles. The Morgan fingerprint density at radius 3 is 2.77 bits per heavy atom. The Labute approximate surface area is 91.2 Å². The summed E-state index contributed by atoms with van der Waals surface area (Å²) in [7, 11) is 0. The Balaban J connectivity index is 2.92. The number of halogens is 2. The van der Waals surface area contributed by atoms with Gasteiger partial charge in [-0.2, -0.15) is 0 Å². The Hall–Kier alpha value is -0.410. The lowest BCUT2D eigenvalue weighted by molar-refractivity contribution is 0.319. The van der Waals surface area contributed by atoms with Crippen LogP contribution in [0.25, 0.3) is 0 Å². The molecule has 0 radical (unpaired) electrons. The highest BCUT2D eigenvalue weighted by molar-refractivity contribution is 9.10. The van der Waals surface area contributed by atoms with Gasteiger partial charge in [0.05, 0.1) is 17.3 Å². The molecule has 0 aliphatic heterocycles. The van der Waals surface area contributed by atoms with Gasteiger partial charge >= 0.3 is 0 Å². The first-order chi connectivity index (χ1) is 6.15. The minimum absolute atomic E-state index is 0.542. The van der Waals surface area contributed by atoms with Crippen LogP contribution in [0, 0.1) is 0 Å². The predicted octanol–water partition coefficient (Wildman–Crippen LogP) is 3.47. The third kappa shape index (κ3) is 2.78. The first kappa shape index (κ1) is 10.7. The second-order valence-corrected chi connectivity index (χ2v) is 3.98. The van der Waals surface area contributed by atoms with E-state index in [2.05, 4.69) is 15.9 Å². The molecule has 0 spiro atoms. The van der Waals surface area contributed by atoms with E-state index in [1.807, 2.05) is 6.92 Å². The number of ether oxygens (including phenoxy) is 1. The molecule has 0 aliphatic carbocycles. The molecule has 0 fully saturated rings. The number of hydrogen-bond donors (Lipinski definition) is 1. The first-order valence-electron chi connectivity index (χ1n) is 4.02. The van der Waals surface area contributed by atoms with E-state index >= 15 is 0 Å². The average molecular weight is 265 g/mol. The van der Waals surface area contributed by atoms with Crippen molar-refractivity contribution < 1.29 is 4.74 Å². The van der Waals surface area contributed by atoms with Gasteiger partial charge in [-0.25, -0.2) is 0 Å². The number of nitrogen functional groups attached to an aromatic ring is 1. The standard InChI is InChI=1S/C9H11BrClNO/c1-2-3-13-9-7(11)4-6(10)5-8(9)12/h4-5H,2-3,12H2,1H3. The van der Waals surface area contributed by atoms with Crippen LogP contribution in [-0.4, -0.2) is 6.61 Å². The van der Waals surface area contributed by atoms with Crippen LogP contribution in [0.2, 0.25) is 5.02 Å². The summed E-state index contributed by atoms with van der Waals surface area (Å²) in [4.78, 5) is 0. The van der Waals surface area contributed by atoms with Crippen LogP contribution in [0.3, 0.4) is 0 Å². The van der Waals surface area contributed by atoms with Crippen LogP contribution in [0.4, 0.5) is 5.69 Å². The summed E-state index contributed by atoms with van der Waals surface area (Å²) in [5, 5.41) is 0.542. The molecular formula is C9H11BrClNO. The lowest BCUT2D eigenvalue weighted by Crippen LogP contribution is -1.99. The smallest absolute Gasteiger partial charge is 0.160 e. The van der Waals surface area contributed by atoms with Gasteiger partial charge in [0, 0.05) is 4.47 Å². The van der Waals surface area contributed by atoms with Gasteiger partial charge in [0.2, 0.25) is 0 Å². The van der Waals surface area contributed by atoms with Crippen molar-refractivity contribution >= 4 is 33.2 Å². The van der Waals surface area contributed by atoms with Gasteiger partial charge < -0.3 is 10.5 Å². The minimum Gasteiger partial charge on any atom is -0.490 e. The van der Waals surface area contributed by atoms with E-state index < -0.39 is 0 Å². The van der Waals surface area contributed by atoms with Crippen molar-refractivity contribution in [1.82, 2.24) is 0 Å². The van der Waals surface area contributed by atoms with Crippen molar-refractivity contribution in [3.63, 3.8) is 0 Å². The van der Waals surface area contributed by atoms with Crippen LogP contribution < -0.4 is 10.5 Å². The fraction of sp³-hybridized carbons (Fsp3) is 0.333. The van der Waals surface area contributed by atoms with Crippen molar-refractivity contribution in [3.05, 3.63) is 21.6 Å². The van der Waals surface area contributed by atoms with Crippen LogP contribution in [0.1, 0.15) is 13.3 Å². The molecule has 4 heteroatoms. The zero-order chi connectivity index (χ0) is 9.84. The topological polar surface area (TPSA) is 35.2 Å². The molecule has 1 aromatic rings. The zero-order valence-electron chi connectivity index (χ0n) is 7.31. The van der Waals surface area contributed by atoms with E-state index in [0.717, 1.165) is 10.9 Å². The fourth-order valence-electron chi connectivity index (χ4n) is 0.937. The molecule has 0 aliphatic rings. The van der Waals surface area contributed by atoms with Crippen LogP contribution in [0.5, 0.6) is 5.75 Å². The summed E-state index contributed by atoms with van der Waals surface area (Å²) in [5.74, 6) is 0.576. The molecule has 1 rings (SSSR count). The molecule has 0 atom stereocenters. The SMILES string of the molecule is CCCOc1c(N)cc(Br)cc1Cl. The quantitative estimate of drug-likeness (QED) is 0.849. The molecule has 0 amide bonds. The number of rotatable bonds is 3. The maximum absolute atomic E-state index is 5.94. The number of benzene rings is 1. The van der Waals surface area contributed by atoms with Crippen molar-refractivity contribution in [2.24, 2.45) is 0 Å². The summed E-state index contributed by atoms with van der Waals surface area (Å²) in [6, 6.07) is 3.54. The predicted molar refractivity (Wildman–Crippen MR) is 59.4 cm³/mol. The second kappa shape index (κ2) is 4.72. The van der Waals surface area contributed by atoms with Crippen LogP contribution in [0.15, 0.2) is 16.6 Å². The molecule has 0 saturated carbocycles. The summed E-state index contributed by atoms with van der Waals surface area (Å²) in [5.41, 5.74) is 6.29. The maximum Gasteiger partial charge on any atom is 0.160 e. The minimum atomic E-state index is 0.542. The number of anilines is 1. The summed E-state index contributed by atoms with van der Waals surface area (Å²) >= 11 is 9.23. The van der Waals surface area contributed by atoms with Gasteiger partial charge in [-0.3, -0.25) is 0 Å². The van der Waals surface area contributed by atoms with Crippen LogP contribution in [-0.2, 0) is 0 Å². The van der Waals surface area contributed by atoms with Gasteiger partial charge in [-0.1, -0.05) is 34.5 Å². The highest BCUT2D eigenvalue weighted by atomic mass is 79.9. The summed E-state index contributed by atoms with van der Waals surface area (Å²) in [6.07, 6.45) is 0.936. The van der Waals surface area contributed by atoms with E-state index in [1.165, 1.54) is 0 Å². The zero-order valence-corrected chi connectivity index (χ0v) is 9.65. The monoisotopic (exact) mass is 263 g/mol. The van der Waals surface area contributed by atoms with E-state index in [1.54, 1.807) is 12.1 Å². The Morgan fingerprint density at radius 1 is 1.54 bits per heavy atom. The van der Waals surface area contributed by atoms with Crippen LogP contribution >= 0.6 is 27.5 Å². The summed E-state index contributed by atoms with van der Waals surface area (Å²) < 4.78 is 6.25. The van der Waals surface area contributed by atoms with E-state index in [-0.39, 0.29) is 0 Å². The lowest BCUT2D eigenvalue weighted by Gasteiger charge is -2.09. The van der Waals surface area contributed by atoms with E-state index in [0.29, 0.717) is 23.1 Å². The highest BCUT2D eigenvalue weighted by Crippen LogP contribution is 2.34. The first-order valence-corrected chi connectivity index (χ1v) is 5.19. The molecule has 1 aromatic carbocycles. The van der Waals surface area contributed by atoms with Crippen molar-refractivity contribution in [1.29, 1.82) is 0 Å². The lowest BCUT2D eigenvalue weighted by atomic mass is 10.3. The Bertz CT molecular complexity index is 281. The third-order valence-electron chi connectivity index (χ3n) is 1.49. The molecule has 2 N–H and O–H groups in total. The maximum atomic E-state index is 5.94. The van der Waals surface area contributed by atoms with Gasteiger partial charge in [0.15, 0.2) is 5.75 Å². The van der Waals surface area contributed by atoms with E-state index in [4.69, 9.17) is 22.1 Å². The molecule has 0 aromatic heterocycles. The van der Waals surface area contributed by atoms with Crippen molar-refractivity contribution in [2.45, 2.75) is 13.3 Å². The molecular weight excluding hydrogens is 253 g/mol. The Morgan fingerprint density at radius 2 is 2.23 bits per heavy atom. The normalized spacial score (nSPS) is 10.1. The van der Waals surface area contributed by atoms with Gasteiger partial charge in [-0.05, 0) is 18.6 Å². The molecule has 0 saturated heterocycles. The Kier molecular flexibility index (Phi) is 3.88. The van der Waals surface area contributed by atoms with Gasteiger partial charge in [0.1, 0.15) is 0 Å². The molecule has 13 heavy (non-hydrogen) atoms. The van der Waals surface area contributed by atoms with Crippen molar-refractivity contribution in [3.8, 4) is 5.75 Å². The summed E-state index contributed by atoms with van der Waals surface area (Å²) in [6.45, 7) is 2.66. The largest absolute Gasteiger partial charge is 0.490 e. The average Bonchev–Trinajstić information content (AvgIpc) is 2.02. The van der Waals surface area contributed by atoms with Gasteiger partial charge in [-0.15, -0.1) is 0 Å². The number of nitrogens with two attached hydrogens (primary N) is 1. The van der Waals surface area contributed by atoms with Gasteiger partial charge in [0.25, 0.3) is 0 Å². The molecule has 0 bridgehead atoms. The second-order valence-electron chi connectivity index (χ2n) is 2.65.